The number of ether oxygens (including phenoxy) is 1. The van der Waals surface area contributed by atoms with Crippen LogP contribution in [-0.4, -0.2) is 9.55 Å². The molecule has 1 aliphatic heterocycles. The number of pyridine rings is 1. The van der Waals surface area contributed by atoms with Gasteiger partial charge >= 0.3 is 0 Å². The number of fused-ring (bicyclic) bond motifs is 4. The molecule has 0 fully saturated rings. The van der Waals surface area contributed by atoms with Gasteiger partial charge in [-0.3, -0.25) is 0 Å². The smallest absolute Gasteiger partial charge is 0.135 e. The molecule has 0 amide bonds. The Morgan fingerprint density at radius 3 is 2.23 bits per heavy atom. The fourth-order valence-electron chi connectivity index (χ4n) is 6.19. The zero-order valence-corrected chi connectivity index (χ0v) is 28.8. The van der Waals surface area contributed by atoms with Gasteiger partial charge in [0.2, 0.25) is 0 Å². The Bertz CT molecular complexity index is 2490. The van der Waals surface area contributed by atoms with E-state index in [-0.39, 0.29) is 37.6 Å². The second-order valence-corrected chi connectivity index (χ2v) is 12.7. The molecule has 48 heavy (non-hydrogen) atoms. The second kappa shape index (κ2) is 12.3. The molecule has 0 atom stereocenters. The Balaban J connectivity index is 0.00000450. The van der Waals surface area contributed by atoms with Gasteiger partial charge in [-0.25, -0.2) is 4.98 Å². The molecule has 7 aromatic rings. The van der Waals surface area contributed by atoms with E-state index in [4.69, 9.17) is 17.9 Å². The number of rotatable bonds is 5. The SMILES string of the molecule is [2H]C([2H])([2H])c1cc(N2[CH-]N(c3[c-]c(Oc4[c-]c5c(cc4)c4ccccc4n5-c4cc(C(C)(C)C)ccn4)ccc3)c3ccccc32)cc(C([2H])([2H])[2H])c1.[Pt]. The van der Waals surface area contributed by atoms with Crippen LogP contribution in [0.3, 0.4) is 0 Å². The number of nitrogens with zero attached hydrogens (tertiary/aromatic N) is 4. The average molecular weight is 813 g/mol. The third kappa shape index (κ3) is 5.67. The molecule has 0 N–H and O–H groups in total. The number of anilines is 4. The summed E-state index contributed by atoms with van der Waals surface area (Å²) in [6.07, 6.45) is 1.85. The largest absolute Gasteiger partial charge is 0.509 e. The first kappa shape index (κ1) is 25.2. The van der Waals surface area contributed by atoms with E-state index in [1.165, 1.54) is 23.8 Å². The van der Waals surface area contributed by atoms with Crippen molar-refractivity contribution in [3.8, 4) is 17.3 Å². The minimum absolute atomic E-state index is 0. The molecule has 8 rings (SSSR count). The number of hydrogen-bond donors (Lipinski definition) is 0. The van der Waals surface area contributed by atoms with Gasteiger partial charge < -0.3 is 19.1 Å². The maximum absolute atomic E-state index is 8.02. The van der Waals surface area contributed by atoms with Crippen LogP contribution in [0.25, 0.3) is 27.6 Å². The maximum Gasteiger partial charge on any atom is 0.135 e. The molecule has 0 spiro atoms. The summed E-state index contributed by atoms with van der Waals surface area (Å²) in [5, 5.41) is 2.12. The fraction of sp³-hybridized carbons (Fsp3) is 0.143. The van der Waals surface area contributed by atoms with E-state index in [0.29, 0.717) is 22.9 Å². The van der Waals surface area contributed by atoms with Crippen molar-refractivity contribution in [1.82, 2.24) is 9.55 Å². The summed E-state index contributed by atoms with van der Waals surface area (Å²) < 4.78 is 56.7. The van der Waals surface area contributed by atoms with E-state index in [2.05, 4.69) is 61.7 Å². The summed E-state index contributed by atoms with van der Waals surface area (Å²) in [6.45, 7) is 3.38. The van der Waals surface area contributed by atoms with Crippen molar-refractivity contribution in [2.45, 2.75) is 39.9 Å². The second-order valence-electron chi connectivity index (χ2n) is 12.7. The Morgan fingerprint density at radius 1 is 0.729 bits per heavy atom. The van der Waals surface area contributed by atoms with Crippen LogP contribution < -0.4 is 14.5 Å². The topological polar surface area (TPSA) is 33.5 Å². The first-order valence-electron chi connectivity index (χ1n) is 18.5. The molecule has 0 bridgehead atoms. The van der Waals surface area contributed by atoms with Crippen LogP contribution in [0.4, 0.5) is 22.7 Å². The van der Waals surface area contributed by atoms with Gasteiger partial charge in [0.25, 0.3) is 0 Å². The number of benzene rings is 5. The standard InChI is InChI=1S/C42H35N4O.Pt/c1-28-21-29(2)23-32(22-28)45-27-44(38-15-8-9-16-39(38)45)31-11-10-12-33(25-31)47-34-17-18-36-35-13-6-7-14-37(35)46(40(36)26-34)41-24-30(19-20-43-41)42(3,4)5;/h6-24,27H,1-5H3;/q-3;/i1D3,2D3;. The van der Waals surface area contributed by atoms with E-state index < -0.39 is 13.7 Å². The zero-order chi connectivity index (χ0) is 37.3. The van der Waals surface area contributed by atoms with E-state index in [1.54, 1.807) is 11.6 Å². The molecule has 3 heterocycles. The van der Waals surface area contributed by atoms with E-state index in [0.717, 1.165) is 39.0 Å². The quantitative estimate of drug-likeness (QED) is 0.162. The van der Waals surface area contributed by atoms with Crippen LogP contribution in [0.15, 0.2) is 115 Å². The van der Waals surface area contributed by atoms with Gasteiger partial charge in [0.05, 0.1) is 0 Å². The van der Waals surface area contributed by atoms with Crippen LogP contribution in [0.1, 0.15) is 45.7 Å². The summed E-state index contributed by atoms with van der Waals surface area (Å²) >= 11 is 0. The zero-order valence-electron chi connectivity index (χ0n) is 32.6. The van der Waals surface area contributed by atoms with Crippen molar-refractivity contribution in [1.29, 1.82) is 0 Å². The molecule has 242 valence electrons. The molecule has 0 unspecified atom stereocenters. The predicted octanol–water partition coefficient (Wildman–Crippen LogP) is 10.9. The Kier molecular flexibility index (Phi) is 6.46. The van der Waals surface area contributed by atoms with Gasteiger partial charge in [-0.2, -0.15) is 12.1 Å². The van der Waals surface area contributed by atoms with Crippen molar-refractivity contribution >= 4 is 44.6 Å². The fourth-order valence-corrected chi connectivity index (χ4v) is 6.19. The molecule has 5 aromatic carbocycles. The number of aryl methyl sites for hydroxylation is 2. The van der Waals surface area contributed by atoms with Gasteiger partial charge in [0.15, 0.2) is 0 Å². The number of hydrogen-bond acceptors (Lipinski definition) is 4. The Labute approximate surface area is 305 Å². The van der Waals surface area contributed by atoms with Gasteiger partial charge in [-0.05, 0) is 83.7 Å². The minimum Gasteiger partial charge on any atom is -0.509 e. The molecule has 0 saturated carbocycles. The summed E-state index contributed by atoms with van der Waals surface area (Å²) in [5.41, 5.74) is 5.54. The molecule has 0 radical (unpaired) electrons. The molecule has 1 aliphatic rings. The van der Waals surface area contributed by atoms with Crippen LogP contribution in [0.5, 0.6) is 11.5 Å². The molecule has 0 saturated heterocycles. The first-order chi connectivity index (χ1) is 25.1. The van der Waals surface area contributed by atoms with Crippen LogP contribution >= 0.6 is 0 Å². The normalized spacial score (nSPS) is 15.1. The van der Waals surface area contributed by atoms with Crippen molar-refractivity contribution in [3.05, 3.63) is 151 Å². The molecule has 2 aromatic heterocycles. The molecular formula is C42H35N4OPt-3. The minimum atomic E-state index is -2.49. The van der Waals surface area contributed by atoms with Crippen molar-refractivity contribution in [3.63, 3.8) is 0 Å². The molecular weight excluding hydrogens is 772 g/mol. The monoisotopic (exact) mass is 812 g/mol. The predicted molar refractivity (Wildman–Crippen MR) is 192 cm³/mol. The molecule has 5 nitrogen and oxygen atoms in total. The van der Waals surface area contributed by atoms with Crippen molar-refractivity contribution < 1.29 is 34.0 Å². The van der Waals surface area contributed by atoms with Gasteiger partial charge in [-0.15, -0.1) is 48.1 Å². The van der Waals surface area contributed by atoms with Crippen LogP contribution in [-0.2, 0) is 26.5 Å². The van der Waals surface area contributed by atoms with Crippen molar-refractivity contribution in [2.24, 2.45) is 0 Å². The van der Waals surface area contributed by atoms with Gasteiger partial charge in [-0.1, -0.05) is 62.7 Å². The first-order valence-corrected chi connectivity index (χ1v) is 15.5. The number of para-hydroxylation sites is 3. The average Bonchev–Trinajstić information content (AvgIpc) is 3.67. The van der Waals surface area contributed by atoms with Crippen LogP contribution in [0.2, 0.25) is 0 Å². The van der Waals surface area contributed by atoms with Gasteiger partial charge in [0.1, 0.15) is 5.82 Å². The van der Waals surface area contributed by atoms with E-state index >= 15 is 0 Å². The number of aromatic nitrogens is 2. The third-order valence-electron chi connectivity index (χ3n) is 8.46. The maximum atomic E-state index is 8.02. The summed E-state index contributed by atoms with van der Waals surface area (Å²) in [5.74, 6) is 1.77. The van der Waals surface area contributed by atoms with E-state index in [1.807, 2.05) is 77.8 Å². The Hall–Kier alpha value is -4.86. The van der Waals surface area contributed by atoms with E-state index in [9.17, 15) is 0 Å². The summed E-state index contributed by atoms with van der Waals surface area (Å²) in [6, 6.07) is 40.8. The van der Waals surface area contributed by atoms with Crippen molar-refractivity contribution in [2.75, 3.05) is 9.80 Å². The third-order valence-corrected chi connectivity index (χ3v) is 8.46. The molecule has 0 aliphatic carbocycles. The summed E-state index contributed by atoms with van der Waals surface area (Å²) in [7, 11) is 0. The molecule has 6 heteroatoms. The Morgan fingerprint density at radius 2 is 1.46 bits per heavy atom. The van der Waals surface area contributed by atoms with Crippen LogP contribution in [0, 0.1) is 32.5 Å². The summed E-state index contributed by atoms with van der Waals surface area (Å²) in [4.78, 5) is 8.48. The van der Waals surface area contributed by atoms with Gasteiger partial charge in [0, 0.05) is 69.6 Å².